The highest BCUT2D eigenvalue weighted by molar-refractivity contribution is 5.95. The summed E-state index contributed by atoms with van der Waals surface area (Å²) in [6, 6.07) is 0. The van der Waals surface area contributed by atoms with Gasteiger partial charge in [0.15, 0.2) is 5.82 Å². The number of hydrogen-bond donors (Lipinski definition) is 2. The van der Waals surface area contributed by atoms with E-state index in [-0.39, 0.29) is 0 Å². The molecule has 5 heteroatoms. The summed E-state index contributed by atoms with van der Waals surface area (Å²) in [5.74, 6) is 0.0867. The van der Waals surface area contributed by atoms with Crippen molar-refractivity contribution in [2.24, 2.45) is 11.3 Å². The molecule has 1 aliphatic carbocycles. The molecule has 1 fully saturated rings. The molecule has 116 valence electrons. The van der Waals surface area contributed by atoms with E-state index in [2.05, 4.69) is 29.4 Å². The molecule has 0 spiro atoms. The molecule has 0 atom stereocenters. The van der Waals surface area contributed by atoms with E-state index >= 15 is 0 Å². The fraction of sp³-hybridized carbons (Fsp3) is 0.688. The van der Waals surface area contributed by atoms with Crippen LogP contribution in [0.25, 0.3) is 0 Å². The van der Waals surface area contributed by atoms with E-state index in [1.165, 1.54) is 12.8 Å². The highest BCUT2D eigenvalue weighted by Gasteiger charge is 2.45. The first-order chi connectivity index (χ1) is 9.95. The SMILES string of the molecule is CCc1nnc(NCC2(C(C)C)CC2)c(C(=O)O)c1CC. The summed E-state index contributed by atoms with van der Waals surface area (Å²) in [6.07, 6.45) is 3.75. The maximum Gasteiger partial charge on any atom is 0.339 e. The number of anilines is 1. The summed E-state index contributed by atoms with van der Waals surface area (Å²) in [7, 11) is 0. The lowest BCUT2D eigenvalue weighted by atomic mass is 9.92. The molecule has 0 bridgehead atoms. The molecule has 0 radical (unpaired) electrons. The highest BCUT2D eigenvalue weighted by atomic mass is 16.4. The Kier molecular flexibility index (Phi) is 4.49. The van der Waals surface area contributed by atoms with E-state index in [0.717, 1.165) is 17.8 Å². The van der Waals surface area contributed by atoms with Crippen LogP contribution in [0, 0.1) is 11.3 Å². The third-order valence-corrected chi connectivity index (χ3v) is 4.78. The van der Waals surface area contributed by atoms with Crippen LogP contribution in [0.5, 0.6) is 0 Å². The van der Waals surface area contributed by atoms with Crippen LogP contribution in [-0.4, -0.2) is 27.8 Å². The first kappa shape index (κ1) is 15.7. The highest BCUT2D eigenvalue weighted by Crippen LogP contribution is 2.51. The van der Waals surface area contributed by atoms with E-state index in [1.807, 2.05) is 13.8 Å². The van der Waals surface area contributed by atoms with Crippen LogP contribution in [0.15, 0.2) is 0 Å². The van der Waals surface area contributed by atoms with Crippen molar-refractivity contribution in [3.63, 3.8) is 0 Å². The first-order valence-electron chi connectivity index (χ1n) is 7.80. The second-order valence-corrected chi connectivity index (χ2v) is 6.23. The zero-order valence-corrected chi connectivity index (χ0v) is 13.4. The Labute approximate surface area is 126 Å². The Bertz CT molecular complexity index is 537. The molecule has 0 aliphatic heterocycles. The zero-order chi connectivity index (χ0) is 15.6. The van der Waals surface area contributed by atoms with E-state index in [9.17, 15) is 9.90 Å². The normalized spacial score (nSPS) is 16.0. The second-order valence-electron chi connectivity index (χ2n) is 6.23. The van der Waals surface area contributed by atoms with Crippen LogP contribution in [-0.2, 0) is 12.8 Å². The molecule has 2 rings (SSSR count). The number of aryl methyl sites for hydroxylation is 1. The average molecular weight is 291 g/mol. The van der Waals surface area contributed by atoms with Crippen molar-refractivity contribution in [1.82, 2.24) is 10.2 Å². The molecule has 2 N–H and O–H groups in total. The van der Waals surface area contributed by atoms with Crippen molar-refractivity contribution in [3.8, 4) is 0 Å². The van der Waals surface area contributed by atoms with E-state index in [4.69, 9.17) is 0 Å². The number of aromatic carboxylic acids is 1. The zero-order valence-electron chi connectivity index (χ0n) is 13.4. The van der Waals surface area contributed by atoms with Gasteiger partial charge in [-0.1, -0.05) is 27.7 Å². The van der Waals surface area contributed by atoms with Gasteiger partial charge >= 0.3 is 5.97 Å². The maximum atomic E-state index is 11.6. The molecule has 0 saturated heterocycles. The van der Waals surface area contributed by atoms with Crippen molar-refractivity contribution in [3.05, 3.63) is 16.8 Å². The van der Waals surface area contributed by atoms with E-state index in [1.54, 1.807) is 0 Å². The topological polar surface area (TPSA) is 75.1 Å². The molecular weight excluding hydrogens is 266 g/mol. The molecule has 1 saturated carbocycles. The summed E-state index contributed by atoms with van der Waals surface area (Å²) >= 11 is 0. The lowest BCUT2D eigenvalue weighted by molar-refractivity contribution is 0.0696. The van der Waals surface area contributed by atoms with Gasteiger partial charge in [0.1, 0.15) is 5.56 Å². The minimum Gasteiger partial charge on any atom is -0.478 e. The minimum atomic E-state index is -0.923. The Hall–Kier alpha value is -1.65. The van der Waals surface area contributed by atoms with Crippen molar-refractivity contribution in [2.75, 3.05) is 11.9 Å². The molecule has 5 nitrogen and oxygen atoms in total. The van der Waals surface area contributed by atoms with Crippen molar-refractivity contribution < 1.29 is 9.90 Å². The number of hydrogen-bond acceptors (Lipinski definition) is 4. The third-order valence-electron chi connectivity index (χ3n) is 4.78. The molecule has 0 unspecified atom stereocenters. The molecule has 1 aliphatic rings. The average Bonchev–Trinajstić information content (AvgIpc) is 3.24. The predicted molar refractivity (Wildman–Crippen MR) is 82.7 cm³/mol. The van der Waals surface area contributed by atoms with Gasteiger partial charge in [-0.3, -0.25) is 0 Å². The summed E-state index contributed by atoms with van der Waals surface area (Å²) in [6.45, 7) is 9.14. The van der Waals surface area contributed by atoms with Crippen LogP contribution in [0.4, 0.5) is 5.82 Å². The Morgan fingerprint density at radius 3 is 2.38 bits per heavy atom. The van der Waals surface area contributed by atoms with Gasteiger partial charge in [-0.2, -0.15) is 5.10 Å². The summed E-state index contributed by atoms with van der Waals surface area (Å²) < 4.78 is 0. The smallest absolute Gasteiger partial charge is 0.339 e. The Morgan fingerprint density at radius 1 is 1.29 bits per heavy atom. The molecule has 1 aromatic rings. The van der Waals surface area contributed by atoms with E-state index < -0.39 is 5.97 Å². The number of carbonyl (C=O) groups is 1. The summed E-state index contributed by atoms with van der Waals surface area (Å²) in [5, 5.41) is 21.1. The maximum absolute atomic E-state index is 11.6. The van der Waals surface area contributed by atoms with Gasteiger partial charge in [0.05, 0.1) is 5.69 Å². The monoisotopic (exact) mass is 291 g/mol. The van der Waals surface area contributed by atoms with Crippen molar-refractivity contribution in [1.29, 1.82) is 0 Å². The van der Waals surface area contributed by atoms with Crippen LogP contribution in [0.3, 0.4) is 0 Å². The van der Waals surface area contributed by atoms with Crippen LogP contribution in [0.1, 0.15) is 62.2 Å². The molecule has 1 aromatic heterocycles. The number of nitrogens with zero attached hydrogens (tertiary/aromatic N) is 2. The molecular formula is C16H25N3O2. The third kappa shape index (κ3) is 3.01. The van der Waals surface area contributed by atoms with Gasteiger partial charge in [0, 0.05) is 6.54 Å². The fourth-order valence-electron chi connectivity index (χ4n) is 2.91. The summed E-state index contributed by atoms with van der Waals surface area (Å²) in [5.41, 5.74) is 2.18. The summed E-state index contributed by atoms with van der Waals surface area (Å²) in [4.78, 5) is 11.6. The van der Waals surface area contributed by atoms with Gasteiger partial charge in [-0.15, -0.1) is 5.10 Å². The molecule has 0 aromatic carbocycles. The van der Waals surface area contributed by atoms with E-state index in [0.29, 0.717) is 35.6 Å². The Balaban J connectivity index is 2.29. The number of carboxylic acid groups (broad SMARTS) is 1. The van der Waals surface area contributed by atoms with Crippen LogP contribution >= 0.6 is 0 Å². The standard InChI is InChI=1S/C16H25N3O2/c1-5-11-12(6-2)18-19-14(13(11)15(20)21)17-9-16(7-8-16)10(3)4/h10H,5-9H2,1-4H3,(H,17,19)(H,20,21). The van der Waals surface area contributed by atoms with Gasteiger partial charge in [0.25, 0.3) is 0 Å². The van der Waals surface area contributed by atoms with Crippen molar-refractivity contribution in [2.45, 2.75) is 53.4 Å². The molecule has 1 heterocycles. The lowest BCUT2D eigenvalue weighted by Gasteiger charge is -2.21. The van der Waals surface area contributed by atoms with Gasteiger partial charge in [0.2, 0.25) is 0 Å². The number of carboxylic acids is 1. The number of nitrogens with one attached hydrogen (secondary N) is 1. The fourth-order valence-corrected chi connectivity index (χ4v) is 2.91. The van der Waals surface area contributed by atoms with Gasteiger partial charge < -0.3 is 10.4 Å². The predicted octanol–water partition coefficient (Wildman–Crippen LogP) is 3.15. The number of aromatic nitrogens is 2. The molecule has 0 amide bonds. The largest absolute Gasteiger partial charge is 0.478 e. The van der Waals surface area contributed by atoms with Crippen LogP contribution in [0.2, 0.25) is 0 Å². The first-order valence-corrected chi connectivity index (χ1v) is 7.80. The Morgan fingerprint density at radius 2 is 1.95 bits per heavy atom. The minimum absolute atomic E-state index is 0.295. The lowest BCUT2D eigenvalue weighted by Crippen LogP contribution is -2.23. The van der Waals surface area contributed by atoms with Crippen LogP contribution < -0.4 is 5.32 Å². The number of rotatable bonds is 7. The quantitative estimate of drug-likeness (QED) is 0.807. The second kappa shape index (κ2) is 6.00. The molecule has 21 heavy (non-hydrogen) atoms. The van der Waals surface area contributed by atoms with Gasteiger partial charge in [-0.25, -0.2) is 4.79 Å². The van der Waals surface area contributed by atoms with Crippen molar-refractivity contribution >= 4 is 11.8 Å². The van der Waals surface area contributed by atoms with Gasteiger partial charge in [-0.05, 0) is 42.6 Å².